The van der Waals surface area contributed by atoms with Gasteiger partial charge in [-0.25, -0.2) is 4.79 Å². The van der Waals surface area contributed by atoms with Crippen LogP contribution in [0.3, 0.4) is 0 Å². The molecule has 1 rings (SSSR count). The molecule has 40 heavy (non-hydrogen) atoms. The van der Waals surface area contributed by atoms with E-state index in [1.807, 2.05) is 45.9 Å². The van der Waals surface area contributed by atoms with Gasteiger partial charge in [0.15, 0.2) is 0 Å². The topological polar surface area (TPSA) is 114 Å². The number of hydrogen-bond acceptors (Lipinski definition) is 6. The van der Waals surface area contributed by atoms with E-state index >= 15 is 0 Å². The number of nitrogens with one attached hydrogen (secondary N) is 2. The van der Waals surface area contributed by atoms with Crippen LogP contribution in [0.25, 0.3) is 0 Å². The van der Waals surface area contributed by atoms with Crippen LogP contribution in [0.4, 0.5) is 4.79 Å². The Morgan fingerprint density at radius 1 is 0.975 bits per heavy atom. The molecule has 9 nitrogen and oxygen atoms in total. The number of ether oxygens (including phenoxy) is 2. The fraction of sp³-hybridized carbons (Fsp3) is 0.677. The summed E-state index contributed by atoms with van der Waals surface area (Å²) in [5, 5.41) is 5.40. The first kappa shape index (κ1) is 34.9. The van der Waals surface area contributed by atoms with Gasteiger partial charge >= 0.3 is 12.1 Å². The Bertz CT molecular complexity index is 986. The van der Waals surface area contributed by atoms with Crippen molar-refractivity contribution in [2.75, 3.05) is 20.2 Å². The highest BCUT2D eigenvalue weighted by Crippen LogP contribution is 2.28. The third kappa shape index (κ3) is 11.6. The summed E-state index contributed by atoms with van der Waals surface area (Å²) >= 11 is 0. The van der Waals surface area contributed by atoms with Gasteiger partial charge in [-0.2, -0.15) is 0 Å². The van der Waals surface area contributed by atoms with Gasteiger partial charge in [0.1, 0.15) is 24.2 Å². The Labute approximate surface area is 240 Å². The summed E-state index contributed by atoms with van der Waals surface area (Å²) in [6.45, 7) is 15.0. The third-order valence-corrected chi connectivity index (χ3v) is 6.78. The molecule has 0 fully saturated rings. The van der Waals surface area contributed by atoms with Crippen LogP contribution in [0, 0.1) is 19.8 Å². The van der Waals surface area contributed by atoms with Gasteiger partial charge in [-0.1, -0.05) is 71.1 Å². The number of benzene rings is 1. The minimum Gasteiger partial charge on any atom is -0.468 e. The Hall–Kier alpha value is -3.10. The summed E-state index contributed by atoms with van der Waals surface area (Å²) in [6, 6.07) is 3.70. The number of rotatable bonds is 15. The van der Waals surface area contributed by atoms with Crippen molar-refractivity contribution in [2.45, 2.75) is 112 Å². The minimum atomic E-state index is -1.01. The zero-order valence-corrected chi connectivity index (χ0v) is 26.0. The Morgan fingerprint density at radius 3 is 2.17 bits per heavy atom. The van der Waals surface area contributed by atoms with Crippen LogP contribution >= 0.6 is 0 Å². The number of esters is 1. The second-order valence-electron chi connectivity index (χ2n) is 11.7. The molecule has 2 unspecified atom stereocenters. The smallest absolute Gasteiger partial charge is 0.408 e. The second-order valence-corrected chi connectivity index (χ2v) is 11.7. The van der Waals surface area contributed by atoms with Gasteiger partial charge in [0.05, 0.1) is 7.11 Å². The van der Waals surface area contributed by atoms with E-state index < -0.39 is 35.7 Å². The Balaban J connectivity index is 3.51. The summed E-state index contributed by atoms with van der Waals surface area (Å²) in [4.78, 5) is 54.1. The van der Waals surface area contributed by atoms with Gasteiger partial charge in [0.25, 0.3) is 0 Å². The average Bonchev–Trinajstić information content (AvgIpc) is 2.87. The van der Waals surface area contributed by atoms with E-state index in [9.17, 15) is 19.2 Å². The molecule has 0 bridgehead atoms. The van der Waals surface area contributed by atoms with Crippen molar-refractivity contribution < 1.29 is 28.7 Å². The lowest BCUT2D eigenvalue weighted by atomic mass is 9.93. The van der Waals surface area contributed by atoms with Gasteiger partial charge in [-0.3, -0.25) is 14.4 Å². The summed E-state index contributed by atoms with van der Waals surface area (Å²) in [6.07, 6.45) is 5.32. The number of amides is 3. The molecule has 0 saturated heterocycles. The van der Waals surface area contributed by atoms with Crippen LogP contribution in [0.15, 0.2) is 18.2 Å². The predicted octanol–water partition coefficient (Wildman–Crippen LogP) is 5.37. The maximum Gasteiger partial charge on any atom is 0.408 e. The monoisotopic (exact) mass is 561 g/mol. The molecule has 0 aliphatic rings. The molecule has 9 heteroatoms. The van der Waals surface area contributed by atoms with E-state index in [1.165, 1.54) is 7.11 Å². The summed E-state index contributed by atoms with van der Waals surface area (Å²) in [7, 11) is 1.25. The molecular formula is C31H51N3O6. The number of nitrogens with zero attached hydrogens (tertiary/aromatic N) is 1. The summed E-state index contributed by atoms with van der Waals surface area (Å²) < 4.78 is 10.1. The first-order chi connectivity index (χ1) is 18.7. The van der Waals surface area contributed by atoms with E-state index in [4.69, 9.17) is 9.47 Å². The standard InChI is InChI=1S/C31H51N3O6/c1-10-11-12-13-14-15-19-34(29(37)26(21(2)3)33-30(38)40-31(6,7)8)27(28(36)32-20-25(35)39-9)24-18-16-17-22(4)23(24)5/h16-18,21,26-27H,10-15,19-20H2,1-9H3,(H,32,36)(H,33,38). The molecule has 0 radical (unpaired) electrons. The fourth-order valence-electron chi connectivity index (χ4n) is 4.40. The lowest BCUT2D eigenvalue weighted by Crippen LogP contribution is -2.55. The van der Waals surface area contributed by atoms with Crippen molar-refractivity contribution in [1.82, 2.24) is 15.5 Å². The predicted molar refractivity (Wildman–Crippen MR) is 157 cm³/mol. The number of hydrogen-bond donors (Lipinski definition) is 2. The normalized spacial score (nSPS) is 12.8. The van der Waals surface area contributed by atoms with Crippen molar-refractivity contribution in [1.29, 1.82) is 0 Å². The average molecular weight is 562 g/mol. The Morgan fingerprint density at radius 2 is 1.60 bits per heavy atom. The van der Waals surface area contributed by atoms with E-state index in [1.54, 1.807) is 25.7 Å². The molecule has 2 N–H and O–H groups in total. The lowest BCUT2D eigenvalue weighted by molar-refractivity contribution is -0.145. The Kier molecular flexibility index (Phi) is 14.7. The number of carbonyl (C=O) groups excluding carboxylic acids is 4. The molecule has 226 valence electrons. The summed E-state index contributed by atoms with van der Waals surface area (Å²) in [5.41, 5.74) is 1.79. The highest BCUT2D eigenvalue weighted by molar-refractivity contribution is 5.93. The highest BCUT2D eigenvalue weighted by atomic mass is 16.6. The van der Waals surface area contributed by atoms with Crippen molar-refractivity contribution in [3.8, 4) is 0 Å². The van der Waals surface area contributed by atoms with Crippen molar-refractivity contribution in [3.05, 3.63) is 34.9 Å². The maximum absolute atomic E-state index is 14.2. The van der Waals surface area contributed by atoms with Crippen LogP contribution in [0.5, 0.6) is 0 Å². The van der Waals surface area contributed by atoms with Crippen LogP contribution in [-0.2, 0) is 23.9 Å². The molecule has 0 aliphatic carbocycles. The zero-order valence-electron chi connectivity index (χ0n) is 26.0. The molecule has 1 aromatic rings. The minimum absolute atomic E-state index is 0.274. The highest BCUT2D eigenvalue weighted by Gasteiger charge is 2.38. The molecule has 2 atom stereocenters. The molecule has 3 amide bonds. The van der Waals surface area contributed by atoms with E-state index in [0.717, 1.165) is 43.2 Å². The molecule has 0 aliphatic heterocycles. The molecule has 0 saturated carbocycles. The van der Waals surface area contributed by atoms with Gasteiger partial charge in [-0.05, 0) is 63.6 Å². The van der Waals surface area contributed by atoms with Crippen LogP contribution in [-0.4, -0.2) is 60.6 Å². The molecule has 0 aromatic heterocycles. The van der Waals surface area contributed by atoms with E-state index in [0.29, 0.717) is 18.5 Å². The molecule has 0 spiro atoms. The van der Waals surface area contributed by atoms with Crippen molar-refractivity contribution in [2.24, 2.45) is 5.92 Å². The molecular weight excluding hydrogens is 510 g/mol. The fourth-order valence-corrected chi connectivity index (χ4v) is 4.40. The van der Waals surface area contributed by atoms with Gasteiger partial charge in [-0.15, -0.1) is 0 Å². The first-order valence-corrected chi connectivity index (χ1v) is 14.4. The zero-order chi connectivity index (χ0) is 30.5. The van der Waals surface area contributed by atoms with E-state index in [2.05, 4.69) is 17.6 Å². The maximum atomic E-state index is 14.2. The number of methoxy groups -OCH3 is 1. The first-order valence-electron chi connectivity index (χ1n) is 14.4. The van der Waals surface area contributed by atoms with Crippen LogP contribution in [0.2, 0.25) is 0 Å². The largest absolute Gasteiger partial charge is 0.468 e. The van der Waals surface area contributed by atoms with Gasteiger partial charge < -0.3 is 25.0 Å². The van der Waals surface area contributed by atoms with Crippen molar-refractivity contribution >= 4 is 23.9 Å². The van der Waals surface area contributed by atoms with Gasteiger partial charge in [0.2, 0.25) is 11.8 Å². The van der Waals surface area contributed by atoms with Crippen LogP contribution in [0.1, 0.15) is 103 Å². The second kappa shape index (κ2) is 16.9. The van der Waals surface area contributed by atoms with Gasteiger partial charge in [0, 0.05) is 6.54 Å². The number of carbonyl (C=O) groups is 4. The third-order valence-electron chi connectivity index (χ3n) is 6.78. The SMILES string of the molecule is CCCCCCCCN(C(=O)C(NC(=O)OC(C)(C)C)C(C)C)C(C(=O)NCC(=O)OC)c1cccc(C)c1C. The lowest BCUT2D eigenvalue weighted by Gasteiger charge is -2.36. The number of unbranched alkanes of at least 4 members (excludes halogenated alkanes) is 5. The van der Waals surface area contributed by atoms with E-state index in [-0.39, 0.29) is 18.4 Å². The van der Waals surface area contributed by atoms with Crippen molar-refractivity contribution in [3.63, 3.8) is 0 Å². The number of aryl methyl sites for hydroxylation is 1. The number of alkyl carbamates (subject to hydrolysis) is 1. The summed E-state index contributed by atoms with van der Waals surface area (Å²) in [5.74, 6) is -1.73. The quantitative estimate of drug-likeness (QED) is 0.220. The van der Waals surface area contributed by atoms with Crippen LogP contribution < -0.4 is 10.6 Å². The molecule has 1 aromatic carbocycles. The molecule has 0 heterocycles.